The van der Waals surface area contributed by atoms with E-state index >= 15 is 0 Å². The highest BCUT2D eigenvalue weighted by Crippen LogP contribution is 2.21. The van der Waals surface area contributed by atoms with Gasteiger partial charge in [0.25, 0.3) is 0 Å². The topological polar surface area (TPSA) is 62.4 Å². The molecular formula is C13H19N3OS. The Morgan fingerprint density at radius 3 is 3.17 bits per heavy atom. The van der Waals surface area contributed by atoms with Gasteiger partial charge in [-0.25, -0.2) is 0 Å². The lowest BCUT2D eigenvalue weighted by Gasteiger charge is -2.17. The first-order chi connectivity index (χ1) is 8.70. The number of aliphatic hydroxyl groups excluding tert-OH is 1. The molecule has 0 aromatic carbocycles. The van der Waals surface area contributed by atoms with Gasteiger partial charge in [-0.2, -0.15) is 0 Å². The van der Waals surface area contributed by atoms with Crippen molar-refractivity contribution in [2.45, 2.75) is 19.4 Å². The quantitative estimate of drug-likeness (QED) is 0.775. The number of aliphatic hydroxyl groups is 1. The number of likely N-dealkylation sites (tertiary alicyclic amines) is 1. The molecule has 0 bridgehead atoms. The summed E-state index contributed by atoms with van der Waals surface area (Å²) in [5, 5.41) is 8.96. The van der Waals surface area contributed by atoms with E-state index in [2.05, 4.69) is 9.88 Å². The van der Waals surface area contributed by atoms with Crippen molar-refractivity contribution >= 4 is 17.2 Å². The second-order valence-corrected chi connectivity index (χ2v) is 5.22. The number of nitrogens with two attached hydrogens (primary N) is 1. The van der Waals surface area contributed by atoms with Gasteiger partial charge in [0.15, 0.2) is 0 Å². The first-order valence-electron chi connectivity index (χ1n) is 6.27. The standard InChI is InChI=1S/C13H19N3OS/c14-13(18)12-11(2-1-5-15-12)9-16-6-3-10(8-16)4-7-17/h1-2,5,10,17H,3-4,6-9H2,(H2,14,18). The van der Waals surface area contributed by atoms with Crippen LogP contribution in [-0.4, -0.2) is 39.7 Å². The molecule has 2 heterocycles. The predicted molar refractivity (Wildman–Crippen MR) is 75.2 cm³/mol. The van der Waals surface area contributed by atoms with Crippen molar-refractivity contribution in [3.8, 4) is 0 Å². The molecule has 1 aliphatic rings. The Balaban J connectivity index is 2.00. The molecule has 98 valence electrons. The van der Waals surface area contributed by atoms with Crippen molar-refractivity contribution < 1.29 is 5.11 Å². The van der Waals surface area contributed by atoms with E-state index in [1.54, 1.807) is 6.20 Å². The molecule has 1 fully saturated rings. The van der Waals surface area contributed by atoms with Crippen LogP contribution in [-0.2, 0) is 6.54 Å². The van der Waals surface area contributed by atoms with Gasteiger partial charge in [-0.05, 0) is 36.9 Å². The van der Waals surface area contributed by atoms with E-state index in [9.17, 15) is 0 Å². The molecule has 2 rings (SSSR count). The van der Waals surface area contributed by atoms with Crippen molar-refractivity contribution in [1.82, 2.24) is 9.88 Å². The van der Waals surface area contributed by atoms with Gasteiger partial charge in [0.2, 0.25) is 0 Å². The van der Waals surface area contributed by atoms with Crippen molar-refractivity contribution in [1.29, 1.82) is 0 Å². The van der Waals surface area contributed by atoms with E-state index in [1.165, 1.54) is 0 Å². The maximum Gasteiger partial charge on any atom is 0.123 e. The molecule has 0 saturated carbocycles. The Labute approximate surface area is 113 Å². The highest BCUT2D eigenvalue weighted by molar-refractivity contribution is 7.80. The minimum absolute atomic E-state index is 0.281. The van der Waals surface area contributed by atoms with Crippen molar-refractivity contribution in [2.75, 3.05) is 19.7 Å². The normalized spacial score (nSPS) is 20.2. The molecule has 0 amide bonds. The van der Waals surface area contributed by atoms with Crippen LogP contribution >= 0.6 is 12.2 Å². The minimum atomic E-state index is 0.281. The fraction of sp³-hybridized carbons (Fsp3) is 0.538. The lowest BCUT2D eigenvalue weighted by atomic mass is 10.1. The fourth-order valence-corrected chi connectivity index (χ4v) is 2.69. The molecule has 3 N–H and O–H groups in total. The second kappa shape index (κ2) is 6.22. The molecule has 1 aromatic heterocycles. The number of nitrogens with zero attached hydrogens (tertiary/aromatic N) is 2. The summed E-state index contributed by atoms with van der Waals surface area (Å²) in [7, 11) is 0. The van der Waals surface area contributed by atoms with Gasteiger partial charge in [-0.1, -0.05) is 18.3 Å². The smallest absolute Gasteiger partial charge is 0.123 e. The zero-order valence-electron chi connectivity index (χ0n) is 10.4. The number of pyridine rings is 1. The van der Waals surface area contributed by atoms with Gasteiger partial charge in [-0.3, -0.25) is 9.88 Å². The number of thiocarbonyl (C=S) groups is 1. The van der Waals surface area contributed by atoms with Gasteiger partial charge < -0.3 is 10.8 Å². The Kier molecular flexibility index (Phi) is 4.63. The largest absolute Gasteiger partial charge is 0.396 e. The summed E-state index contributed by atoms with van der Waals surface area (Å²) in [4.78, 5) is 6.97. The van der Waals surface area contributed by atoms with Gasteiger partial charge in [-0.15, -0.1) is 0 Å². The van der Waals surface area contributed by atoms with Crippen LogP contribution in [0.3, 0.4) is 0 Å². The zero-order chi connectivity index (χ0) is 13.0. The summed E-state index contributed by atoms with van der Waals surface area (Å²) in [6.45, 7) is 3.22. The SMILES string of the molecule is NC(=S)c1ncccc1CN1CCC(CCO)C1. The second-order valence-electron chi connectivity index (χ2n) is 4.78. The molecule has 1 atom stereocenters. The predicted octanol–water partition coefficient (Wildman–Crippen LogP) is 0.920. The minimum Gasteiger partial charge on any atom is -0.396 e. The summed E-state index contributed by atoms with van der Waals surface area (Å²) >= 11 is 5.02. The van der Waals surface area contributed by atoms with Crippen LogP contribution in [0.5, 0.6) is 0 Å². The van der Waals surface area contributed by atoms with Crippen LogP contribution in [0.1, 0.15) is 24.1 Å². The monoisotopic (exact) mass is 265 g/mol. The number of rotatable bonds is 5. The average molecular weight is 265 g/mol. The van der Waals surface area contributed by atoms with Crippen molar-refractivity contribution in [3.63, 3.8) is 0 Å². The third kappa shape index (κ3) is 3.25. The number of hydrogen-bond acceptors (Lipinski definition) is 4. The van der Waals surface area contributed by atoms with Crippen LogP contribution in [0.4, 0.5) is 0 Å². The Bertz CT molecular complexity index is 424. The molecule has 1 aliphatic heterocycles. The fourth-order valence-electron chi connectivity index (χ4n) is 2.50. The zero-order valence-corrected chi connectivity index (χ0v) is 11.2. The number of aromatic nitrogens is 1. The third-order valence-corrected chi connectivity index (χ3v) is 3.62. The van der Waals surface area contributed by atoms with Crippen LogP contribution in [0.25, 0.3) is 0 Å². The molecule has 1 aromatic rings. The molecular weight excluding hydrogens is 246 g/mol. The van der Waals surface area contributed by atoms with Gasteiger partial charge in [0.05, 0.1) is 0 Å². The summed E-state index contributed by atoms with van der Waals surface area (Å²) < 4.78 is 0. The highest BCUT2D eigenvalue weighted by Gasteiger charge is 2.22. The first-order valence-corrected chi connectivity index (χ1v) is 6.68. The third-order valence-electron chi connectivity index (χ3n) is 3.43. The van der Waals surface area contributed by atoms with E-state index < -0.39 is 0 Å². The molecule has 1 saturated heterocycles. The first kappa shape index (κ1) is 13.4. The van der Waals surface area contributed by atoms with E-state index in [0.29, 0.717) is 10.9 Å². The van der Waals surface area contributed by atoms with E-state index in [4.69, 9.17) is 23.1 Å². The lowest BCUT2D eigenvalue weighted by molar-refractivity contribution is 0.249. The molecule has 5 heteroatoms. The summed E-state index contributed by atoms with van der Waals surface area (Å²) in [6.07, 6.45) is 3.77. The maximum atomic E-state index is 8.96. The van der Waals surface area contributed by atoms with Gasteiger partial charge in [0, 0.05) is 25.9 Å². The van der Waals surface area contributed by atoms with Gasteiger partial charge in [0.1, 0.15) is 10.7 Å². The van der Waals surface area contributed by atoms with E-state index in [0.717, 1.165) is 43.7 Å². The molecule has 0 spiro atoms. The van der Waals surface area contributed by atoms with E-state index in [1.807, 2.05) is 12.1 Å². The van der Waals surface area contributed by atoms with Crippen LogP contribution in [0.15, 0.2) is 18.3 Å². The van der Waals surface area contributed by atoms with Crippen LogP contribution in [0.2, 0.25) is 0 Å². The Morgan fingerprint density at radius 1 is 1.61 bits per heavy atom. The average Bonchev–Trinajstić information content (AvgIpc) is 2.77. The van der Waals surface area contributed by atoms with Crippen molar-refractivity contribution in [2.24, 2.45) is 11.7 Å². The molecule has 0 radical (unpaired) electrons. The summed E-state index contributed by atoms with van der Waals surface area (Å²) in [5.41, 5.74) is 7.51. The van der Waals surface area contributed by atoms with E-state index in [-0.39, 0.29) is 6.61 Å². The molecule has 1 unspecified atom stereocenters. The molecule has 18 heavy (non-hydrogen) atoms. The molecule has 0 aliphatic carbocycles. The molecule has 4 nitrogen and oxygen atoms in total. The Morgan fingerprint density at radius 2 is 2.44 bits per heavy atom. The maximum absolute atomic E-state index is 8.96. The lowest BCUT2D eigenvalue weighted by Crippen LogP contribution is -2.23. The summed E-state index contributed by atoms with van der Waals surface area (Å²) in [6, 6.07) is 3.94. The van der Waals surface area contributed by atoms with Crippen LogP contribution in [0, 0.1) is 5.92 Å². The van der Waals surface area contributed by atoms with Gasteiger partial charge >= 0.3 is 0 Å². The summed E-state index contributed by atoms with van der Waals surface area (Å²) in [5.74, 6) is 0.611. The Hall–Kier alpha value is -1.04. The van der Waals surface area contributed by atoms with Crippen LogP contribution < -0.4 is 5.73 Å². The highest BCUT2D eigenvalue weighted by atomic mass is 32.1. The van der Waals surface area contributed by atoms with Crippen molar-refractivity contribution in [3.05, 3.63) is 29.6 Å². The number of hydrogen-bond donors (Lipinski definition) is 2.